The number of alkyl halides is 3. The molecule has 3 aromatic rings. The number of benzene rings is 2. The standard InChI is InChI=1S/C22H21F3N2O3/c1-29-18-8-4-16(5-9-18)19-14-27-21(30-19)11-10-20(28)26-13-12-15-2-6-17(7-3-15)22(23,24)25/h2-9,14H,10-13H2,1H3,(H,26,28). The van der Waals surface area contributed by atoms with Crippen molar-refractivity contribution >= 4 is 5.91 Å². The number of hydrogen-bond donors (Lipinski definition) is 1. The van der Waals surface area contributed by atoms with Gasteiger partial charge in [-0.3, -0.25) is 4.79 Å². The van der Waals surface area contributed by atoms with Crippen molar-refractivity contribution in [2.24, 2.45) is 0 Å². The molecule has 0 radical (unpaired) electrons. The number of oxazole rings is 1. The molecule has 0 aliphatic carbocycles. The second-order valence-corrected chi connectivity index (χ2v) is 6.64. The van der Waals surface area contributed by atoms with Crippen molar-refractivity contribution in [3.05, 3.63) is 71.7 Å². The smallest absolute Gasteiger partial charge is 0.416 e. The van der Waals surface area contributed by atoms with Crippen LogP contribution in [0.2, 0.25) is 0 Å². The van der Waals surface area contributed by atoms with Gasteiger partial charge in [-0.2, -0.15) is 13.2 Å². The van der Waals surface area contributed by atoms with Gasteiger partial charge in [-0.15, -0.1) is 0 Å². The number of rotatable bonds is 8. The molecule has 5 nitrogen and oxygen atoms in total. The summed E-state index contributed by atoms with van der Waals surface area (Å²) < 4.78 is 48.5. The van der Waals surface area contributed by atoms with Crippen LogP contribution in [0.1, 0.15) is 23.4 Å². The number of aromatic nitrogens is 1. The quantitative estimate of drug-likeness (QED) is 0.578. The van der Waals surface area contributed by atoms with Gasteiger partial charge in [0.2, 0.25) is 5.91 Å². The molecule has 3 rings (SSSR count). The molecule has 1 amide bonds. The fourth-order valence-electron chi connectivity index (χ4n) is 2.83. The molecular formula is C22H21F3N2O3. The van der Waals surface area contributed by atoms with Crippen LogP contribution in [0, 0.1) is 0 Å². The highest BCUT2D eigenvalue weighted by Gasteiger charge is 2.29. The van der Waals surface area contributed by atoms with Crippen molar-refractivity contribution in [3.63, 3.8) is 0 Å². The van der Waals surface area contributed by atoms with Gasteiger partial charge in [0.25, 0.3) is 0 Å². The Morgan fingerprint density at radius 1 is 1.07 bits per heavy atom. The molecule has 1 aromatic heterocycles. The Hall–Kier alpha value is -3.29. The van der Waals surface area contributed by atoms with E-state index in [0.29, 0.717) is 31.0 Å². The molecule has 0 aliphatic heterocycles. The van der Waals surface area contributed by atoms with E-state index in [1.807, 2.05) is 24.3 Å². The second kappa shape index (κ2) is 9.47. The van der Waals surface area contributed by atoms with E-state index in [0.717, 1.165) is 29.0 Å². The first-order valence-electron chi connectivity index (χ1n) is 9.37. The number of ether oxygens (including phenoxy) is 1. The van der Waals surface area contributed by atoms with Crippen LogP contribution < -0.4 is 10.1 Å². The molecule has 1 N–H and O–H groups in total. The summed E-state index contributed by atoms with van der Waals surface area (Å²) >= 11 is 0. The summed E-state index contributed by atoms with van der Waals surface area (Å²) in [4.78, 5) is 16.2. The number of carbonyl (C=O) groups is 1. The Kier molecular flexibility index (Phi) is 6.76. The number of amides is 1. The maximum absolute atomic E-state index is 12.6. The average Bonchev–Trinajstić information content (AvgIpc) is 3.21. The van der Waals surface area contributed by atoms with E-state index in [1.165, 1.54) is 12.1 Å². The molecule has 0 unspecified atom stereocenters. The lowest BCUT2D eigenvalue weighted by Gasteiger charge is -2.08. The van der Waals surface area contributed by atoms with Crippen molar-refractivity contribution in [1.29, 1.82) is 0 Å². The lowest BCUT2D eigenvalue weighted by atomic mass is 10.1. The molecule has 0 atom stereocenters. The molecule has 158 valence electrons. The van der Waals surface area contributed by atoms with Gasteiger partial charge in [-0.25, -0.2) is 4.98 Å². The molecular weight excluding hydrogens is 397 g/mol. The van der Waals surface area contributed by atoms with E-state index in [4.69, 9.17) is 9.15 Å². The molecule has 0 spiro atoms. The van der Waals surface area contributed by atoms with Gasteiger partial charge >= 0.3 is 6.18 Å². The van der Waals surface area contributed by atoms with Gasteiger partial charge in [0.15, 0.2) is 11.7 Å². The monoisotopic (exact) mass is 418 g/mol. The van der Waals surface area contributed by atoms with E-state index in [-0.39, 0.29) is 12.3 Å². The predicted octanol–water partition coefficient (Wildman–Crippen LogP) is 4.66. The van der Waals surface area contributed by atoms with Crippen molar-refractivity contribution in [2.45, 2.75) is 25.4 Å². The topological polar surface area (TPSA) is 64.4 Å². The minimum atomic E-state index is -4.35. The summed E-state index contributed by atoms with van der Waals surface area (Å²) in [6.07, 6.45) is -1.73. The van der Waals surface area contributed by atoms with Crippen LogP contribution in [0.3, 0.4) is 0 Å². The van der Waals surface area contributed by atoms with Crippen LogP contribution in [-0.4, -0.2) is 24.5 Å². The molecule has 30 heavy (non-hydrogen) atoms. The highest BCUT2D eigenvalue weighted by Crippen LogP contribution is 2.29. The third-order valence-corrected chi connectivity index (χ3v) is 4.51. The van der Waals surface area contributed by atoms with Crippen molar-refractivity contribution in [1.82, 2.24) is 10.3 Å². The minimum Gasteiger partial charge on any atom is -0.497 e. The molecule has 0 saturated carbocycles. The summed E-state index contributed by atoms with van der Waals surface area (Å²) in [5.74, 6) is 1.63. The highest BCUT2D eigenvalue weighted by atomic mass is 19.4. The first-order valence-corrected chi connectivity index (χ1v) is 9.37. The van der Waals surface area contributed by atoms with Crippen LogP contribution in [0.5, 0.6) is 5.75 Å². The third kappa shape index (κ3) is 5.85. The van der Waals surface area contributed by atoms with Gasteiger partial charge in [0, 0.05) is 24.9 Å². The maximum Gasteiger partial charge on any atom is 0.416 e. The normalized spacial score (nSPS) is 11.3. The molecule has 8 heteroatoms. The van der Waals surface area contributed by atoms with E-state index < -0.39 is 11.7 Å². The number of methoxy groups -OCH3 is 1. The molecule has 0 bridgehead atoms. The first-order chi connectivity index (χ1) is 14.3. The average molecular weight is 418 g/mol. The molecule has 0 aliphatic rings. The lowest BCUT2D eigenvalue weighted by Crippen LogP contribution is -2.25. The van der Waals surface area contributed by atoms with E-state index in [1.54, 1.807) is 13.3 Å². The van der Waals surface area contributed by atoms with Gasteiger partial charge in [0.1, 0.15) is 5.75 Å². The first kappa shape index (κ1) is 21.4. The molecule has 2 aromatic carbocycles. The van der Waals surface area contributed by atoms with E-state index in [2.05, 4.69) is 10.3 Å². The van der Waals surface area contributed by atoms with Crippen LogP contribution in [0.15, 0.2) is 59.1 Å². The van der Waals surface area contributed by atoms with E-state index in [9.17, 15) is 18.0 Å². The SMILES string of the molecule is COc1ccc(-c2cnc(CCC(=O)NCCc3ccc(C(F)(F)F)cc3)o2)cc1. The Bertz CT molecular complexity index is 965. The summed E-state index contributed by atoms with van der Waals surface area (Å²) in [6.45, 7) is 0.340. The largest absolute Gasteiger partial charge is 0.497 e. The number of nitrogens with zero attached hydrogens (tertiary/aromatic N) is 1. The fourth-order valence-corrected chi connectivity index (χ4v) is 2.83. The number of carbonyl (C=O) groups excluding carboxylic acids is 1. The Balaban J connectivity index is 1.42. The molecule has 1 heterocycles. The van der Waals surface area contributed by atoms with Crippen molar-refractivity contribution in [2.75, 3.05) is 13.7 Å². The van der Waals surface area contributed by atoms with Crippen LogP contribution >= 0.6 is 0 Å². The zero-order valence-corrected chi connectivity index (χ0v) is 16.3. The van der Waals surface area contributed by atoms with Crippen LogP contribution in [0.25, 0.3) is 11.3 Å². The zero-order chi connectivity index (χ0) is 21.6. The second-order valence-electron chi connectivity index (χ2n) is 6.64. The summed E-state index contributed by atoms with van der Waals surface area (Å²) in [6, 6.07) is 12.3. The number of hydrogen-bond acceptors (Lipinski definition) is 4. The third-order valence-electron chi connectivity index (χ3n) is 4.51. The maximum atomic E-state index is 12.6. The van der Waals surface area contributed by atoms with Gasteiger partial charge in [0.05, 0.1) is 18.9 Å². The molecule has 0 saturated heterocycles. The molecule has 0 fully saturated rings. The number of halogens is 3. The number of nitrogens with one attached hydrogen (secondary N) is 1. The predicted molar refractivity (Wildman–Crippen MR) is 105 cm³/mol. The number of aryl methyl sites for hydroxylation is 1. The lowest BCUT2D eigenvalue weighted by molar-refractivity contribution is -0.137. The fraction of sp³-hybridized carbons (Fsp3) is 0.273. The summed E-state index contributed by atoms with van der Waals surface area (Å²) in [5, 5.41) is 2.75. The zero-order valence-electron chi connectivity index (χ0n) is 16.3. The van der Waals surface area contributed by atoms with Crippen LogP contribution in [-0.2, 0) is 23.8 Å². The highest BCUT2D eigenvalue weighted by molar-refractivity contribution is 5.76. The van der Waals surface area contributed by atoms with Gasteiger partial charge < -0.3 is 14.5 Å². The van der Waals surface area contributed by atoms with Gasteiger partial charge in [-0.1, -0.05) is 12.1 Å². The van der Waals surface area contributed by atoms with Crippen molar-refractivity contribution in [3.8, 4) is 17.1 Å². The van der Waals surface area contributed by atoms with E-state index >= 15 is 0 Å². The Labute approximate surface area is 171 Å². The van der Waals surface area contributed by atoms with Crippen LogP contribution in [0.4, 0.5) is 13.2 Å². The summed E-state index contributed by atoms with van der Waals surface area (Å²) in [7, 11) is 1.59. The minimum absolute atomic E-state index is 0.175. The van der Waals surface area contributed by atoms with Crippen molar-refractivity contribution < 1.29 is 27.1 Å². The van der Waals surface area contributed by atoms with Gasteiger partial charge in [-0.05, 0) is 48.4 Å². The Morgan fingerprint density at radius 3 is 2.40 bits per heavy atom. The summed E-state index contributed by atoms with van der Waals surface area (Å²) in [5.41, 5.74) is 0.894. The Morgan fingerprint density at radius 2 is 1.77 bits per heavy atom.